The Hall–Kier alpha value is -0.660. The molecule has 0 saturated carbocycles. The second kappa shape index (κ2) is 6.32. The van der Waals surface area contributed by atoms with Gasteiger partial charge in [0, 0.05) is 19.6 Å². The third-order valence-corrected chi connectivity index (χ3v) is 4.65. The SMILES string of the molecule is CCN(CC)S(=O)(=O)NC1CCCCNC1=O. The van der Waals surface area contributed by atoms with Gasteiger partial charge in [-0.1, -0.05) is 13.8 Å². The molecule has 17 heavy (non-hydrogen) atoms. The van der Waals surface area contributed by atoms with Gasteiger partial charge in [-0.3, -0.25) is 4.79 Å². The van der Waals surface area contributed by atoms with Crippen LogP contribution in [0.2, 0.25) is 0 Å². The normalized spacial score (nSPS) is 22.3. The molecule has 0 aromatic heterocycles. The van der Waals surface area contributed by atoms with Gasteiger partial charge in [-0.25, -0.2) is 0 Å². The molecule has 1 unspecified atom stereocenters. The van der Waals surface area contributed by atoms with Crippen LogP contribution in [0, 0.1) is 0 Å². The zero-order valence-electron chi connectivity index (χ0n) is 10.4. The number of hydrogen-bond acceptors (Lipinski definition) is 3. The van der Waals surface area contributed by atoms with Crippen molar-refractivity contribution >= 4 is 16.1 Å². The summed E-state index contributed by atoms with van der Waals surface area (Å²) in [5.74, 6) is -0.224. The van der Waals surface area contributed by atoms with Crippen molar-refractivity contribution in [3.05, 3.63) is 0 Å². The number of carbonyl (C=O) groups excluding carboxylic acids is 1. The van der Waals surface area contributed by atoms with Crippen LogP contribution in [0.1, 0.15) is 33.1 Å². The number of hydrogen-bond donors (Lipinski definition) is 2. The topological polar surface area (TPSA) is 78.5 Å². The van der Waals surface area contributed by atoms with Gasteiger partial charge >= 0.3 is 0 Å². The van der Waals surface area contributed by atoms with E-state index in [-0.39, 0.29) is 5.91 Å². The van der Waals surface area contributed by atoms with E-state index in [1.54, 1.807) is 13.8 Å². The Morgan fingerprint density at radius 3 is 2.59 bits per heavy atom. The summed E-state index contributed by atoms with van der Waals surface area (Å²) in [4.78, 5) is 11.6. The van der Waals surface area contributed by atoms with E-state index in [2.05, 4.69) is 10.0 Å². The fourth-order valence-electron chi connectivity index (χ4n) is 1.87. The Bertz CT molecular complexity index is 352. The molecule has 7 heteroatoms. The summed E-state index contributed by atoms with van der Waals surface area (Å²) in [7, 11) is -3.55. The number of rotatable bonds is 5. The molecule has 1 aliphatic heterocycles. The van der Waals surface area contributed by atoms with E-state index in [1.807, 2.05) is 0 Å². The lowest BCUT2D eigenvalue weighted by molar-refractivity contribution is -0.122. The van der Waals surface area contributed by atoms with Crippen LogP contribution in [-0.4, -0.2) is 44.3 Å². The average molecular weight is 263 g/mol. The summed E-state index contributed by atoms with van der Waals surface area (Å²) in [5.41, 5.74) is 0. The van der Waals surface area contributed by atoms with Crippen LogP contribution >= 0.6 is 0 Å². The van der Waals surface area contributed by atoms with Gasteiger partial charge < -0.3 is 5.32 Å². The highest BCUT2D eigenvalue weighted by molar-refractivity contribution is 7.87. The van der Waals surface area contributed by atoms with Gasteiger partial charge in [-0.2, -0.15) is 17.4 Å². The molecule has 0 spiro atoms. The van der Waals surface area contributed by atoms with E-state index >= 15 is 0 Å². The summed E-state index contributed by atoms with van der Waals surface area (Å²) in [6, 6.07) is -0.636. The smallest absolute Gasteiger partial charge is 0.280 e. The molecule has 0 bridgehead atoms. The zero-order chi connectivity index (χ0) is 12.9. The molecule has 2 N–H and O–H groups in total. The van der Waals surface area contributed by atoms with E-state index in [9.17, 15) is 13.2 Å². The fraction of sp³-hybridized carbons (Fsp3) is 0.900. The van der Waals surface area contributed by atoms with Crippen molar-refractivity contribution in [1.82, 2.24) is 14.3 Å². The molecular formula is C10H21N3O3S. The van der Waals surface area contributed by atoms with Gasteiger partial charge in [0.15, 0.2) is 0 Å². The van der Waals surface area contributed by atoms with Crippen LogP contribution < -0.4 is 10.0 Å². The Morgan fingerprint density at radius 2 is 2.00 bits per heavy atom. The molecule has 1 rings (SSSR count). The van der Waals surface area contributed by atoms with E-state index in [1.165, 1.54) is 4.31 Å². The van der Waals surface area contributed by atoms with E-state index in [0.29, 0.717) is 26.1 Å². The summed E-state index contributed by atoms with van der Waals surface area (Å²) in [6.07, 6.45) is 2.31. The molecule has 1 heterocycles. The molecule has 1 amide bonds. The first-order valence-electron chi connectivity index (χ1n) is 6.06. The molecule has 0 aliphatic carbocycles. The van der Waals surface area contributed by atoms with Crippen LogP contribution in [-0.2, 0) is 15.0 Å². The van der Waals surface area contributed by atoms with Crippen LogP contribution in [0.15, 0.2) is 0 Å². The molecule has 0 aromatic carbocycles. The Kier molecular flexibility index (Phi) is 5.35. The highest BCUT2D eigenvalue weighted by atomic mass is 32.2. The van der Waals surface area contributed by atoms with Gasteiger partial charge in [0.2, 0.25) is 5.91 Å². The van der Waals surface area contributed by atoms with Crippen LogP contribution in [0.5, 0.6) is 0 Å². The molecule has 6 nitrogen and oxygen atoms in total. The highest BCUT2D eigenvalue weighted by Gasteiger charge is 2.28. The monoisotopic (exact) mass is 263 g/mol. The van der Waals surface area contributed by atoms with Crippen molar-refractivity contribution in [2.45, 2.75) is 39.2 Å². The predicted molar refractivity (Wildman–Crippen MR) is 65.6 cm³/mol. The Balaban J connectivity index is 2.71. The third kappa shape index (κ3) is 3.93. The third-order valence-electron chi connectivity index (χ3n) is 2.87. The number of nitrogens with one attached hydrogen (secondary N) is 2. The quantitative estimate of drug-likeness (QED) is 0.723. The average Bonchev–Trinajstić information content (AvgIpc) is 2.45. The van der Waals surface area contributed by atoms with Gasteiger partial charge in [0.05, 0.1) is 0 Å². The maximum atomic E-state index is 12.0. The number of nitrogens with zero attached hydrogens (tertiary/aromatic N) is 1. The van der Waals surface area contributed by atoms with E-state index in [0.717, 1.165) is 12.8 Å². The number of carbonyl (C=O) groups is 1. The molecule has 0 aromatic rings. The fourth-order valence-corrected chi connectivity index (χ4v) is 3.28. The van der Waals surface area contributed by atoms with Crippen molar-refractivity contribution in [3.8, 4) is 0 Å². The molecule has 1 aliphatic rings. The van der Waals surface area contributed by atoms with E-state index < -0.39 is 16.3 Å². The highest BCUT2D eigenvalue weighted by Crippen LogP contribution is 2.08. The first-order valence-corrected chi connectivity index (χ1v) is 7.50. The molecule has 100 valence electrons. The van der Waals surface area contributed by atoms with Crippen molar-refractivity contribution in [1.29, 1.82) is 0 Å². The first-order chi connectivity index (χ1) is 8.01. The summed E-state index contributed by atoms with van der Waals surface area (Å²) in [5, 5.41) is 2.71. The van der Waals surface area contributed by atoms with Crippen molar-refractivity contribution < 1.29 is 13.2 Å². The second-order valence-corrected chi connectivity index (χ2v) is 5.75. The lowest BCUT2D eigenvalue weighted by Crippen LogP contribution is -2.50. The number of amides is 1. The van der Waals surface area contributed by atoms with Crippen LogP contribution in [0.25, 0.3) is 0 Å². The van der Waals surface area contributed by atoms with Crippen molar-refractivity contribution in [2.75, 3.05) is 19.6 Å². The molecule has 0 radical (unpaired) electrons. The summed E-state index contributed by atoms with van der Waals surface area (Å²) >= 11 is 0. The first kappa shape index (κ1) is 14.4. The van der Waals surface area contributed by atoms with Gasteiger partial charge in [0.1, 0.15) is 6.04 Å². The zero-order valence-corrected chi connectivity index (χ0v) is 11.2. The van der Waals surface area contributed by atoms with Crippen LogP contribution in [0.3, 0.4) is 0 Å². The minimum absolute atomic E-state index is 0.224. The Morgan fingerprint density at radius 1 is 1.35 bits per heavy atom. The maximum Gasteiger partial charge on any atom is 0.280 e. The van der Waals surface area contributed by atoms with Gasteiger partial charge in [0.25, 0.3) is 10.2 Å². The minimum atomic E-state index is -3.55. The van der Waals surface area contributed by atoms with Gasteiger partial charge in [-0.15, -0.1) is 0 Å². The molecule has 1 saturated heterocycles. The largest absolute Gasteiger partial charge is 0.355 e. The second-order valence-electron chi connectivity index (χ2n) is 4.05. The van der Waals surface area contributed by atoms with Crippen molar-refractivity contribution in [3.63, 3.8) is 0 Å². The lowest BCUT2D eigenvalue weighted by Gasteiger charge is -2.22. The van der Waals surface area contributed by atoms with Crippen LogP contribution in [0.4, 0.5) is 0 Å². The molecular weight excluding hydrogens is 242 g/mol. The van der Waals surface area contributed by atoms with Crippen molar-refractivity contribution in [2.24, 2.45) is 0 Å². The lowest BCUT2D eigenvalue weighted by atomic mass is 10.1. The standard InChI is InChI=1S/C10H21N3O3S/c1-3-13(4-2)17(15,16)12-9-7-5-6-8-11-10(9)14/h9,12H,3-8H2,1-2H3,(H,11,14). The summed E-state index contributed by atoms with van der Waals surface area (Å²) in [6.45, 7) is 4.98. The molecule has 1 fully saturated rings. The maximum absolute atomic E-state index is 12.0. The van der Waals surface area contributed by atoms with Gasteiger partial charge in [-0.05, 0) is 19.3 Å². The minimum Gasteiger partial charge on any atom is -0.355 e. The van der Waals surface area contributed by atoms with E-state index in [4.69, 9.17) is 0 Å². The predicted octanol–water partition coefficient (Wildman–Crippen LogP) is -0.169. The molecule has 1 atom stereocenters. The Labute approximate surface area is 103 Å². The summed E-state index contributed by atoms with van der Waals surface area (Å²) < 4.78 is 27.7.